The second kappa shape index (κ2) is 9.37. The van der Waals surface area contributed by atoms with Gasteiger partial charge in [-0.3, -0.25) is 9.78 Å². The van der Waals surface area contributed by atoms with Gasteiger partial charge in [-0.25, -0.2) is 23.4 Å². The largest absolute Gasteiger partial charge is 0.355 e. The molecule has 4 aromatic rings. The summed E-state index contributed by atoms with van der Waals surface area (Å²) >= 11 is 0. The predicted molar refractivity (Wildman–Crippen MR) is 142 cm³/mol. The summed E-state index contributed by atoms with van der Waals surface area (Å²) in [5, 5.41) is 8.83. The van der Waals surface area contributed by atoms with Crippen molar-refractivity contribution < 1.29 is 9.18 Å². The molecule has 2 aliphatic rings. The zero-order valence-electron chi connectivity index (χ0n) is 22.0. The number of pyridine rings is 2. The number of amides is 1. The van der Waals surface area contributed by atoms with Gasteiger partial charge in [-0.05, 0) is 31.1 Å². The van der Waals surface area contributed by atoms with E-state index in [-0.39, 0.29) is 30.0 Å². The van der Waals surface area contributed by atoms with E-state index in [0.29, 0.717) is 60.1 Å². The maximum absolute atomic E-state index is 15.6. The zero-order valence-corrected chi connectivity index (χ0v) is 22.0. The number of carbonyl (C=O) groups is 1. The summed E-state index contributed by atoms with van der Waals surface area (Å²) in [5.74, 6) is -0.348. The van der Waals surface area contributed by atoms with Crippen molar-refractivity contribution >= 4 is 22.8 Å². The Bertz CT molecular complexity index is 1690. The fraction of sp³-hybridized carbons (Fsp3) is 0.370. The molecule has 0 radical (unpaired) electrons. The Morgan fingerprint density at radius 1 is 1.26 bits per heavy atom. The maximum Gasteiger partial charge on any atom is 0.355 e. The Labute approximate surface area is 223 Å². The molecular formula is C27H28FN9O2. The van der Waals surface area contributed by atoms with Crippen molar-refractivity contribution in [1.82, 2.24) is 39.4 Å². The highest BCUT2D eigenvalue weighted by Gasteiger charge is 2.31. The van der Waals surface area contributed by atoms with Gasteiger partial charge in [0.1, 0.15) is 11.6 Å². The number of piperazine rings is 1. The lowest BCUT2D eigenvalue weighted by atomic mass is 10.0. The summed E-state index contributed by atoms with van der Waals surface area (Å²) in [6, 6.07) is 3.07. The minimum Gasteiger partial charge on any atom is -0.350 e. The van der Waals surface area contributed by atoms with Gasteiger partial charge in [0.15, 0.2) is 5.65 Å². The van der Waals surface area contributed by atoms with Gasteiger partial charge in [-0.15, -0.1) is 5.10 Å². The van der Waals surface area contributed by atoms with Gasteiger partial charge in [0.25, 0.3) is 0 Å². The summed E-state index contributed by atoms with van der Waals surface area (Å²) in [5.41, 5.74) is 2.56. The van der Waals surface area contributed by atoms with Crippen LogP contribution in [0.15, 0.2) is 42.0 Å². The van der Waals surface area contributed by atoms with E-state index in [1.54, 1.807) is 22.0 Å². The molecule has 1 amide bonds. The van der Waals surface area contributed by atoms with Crippen LogP contribution in [0, 0.1) is 5.82 Å². The maximum atomic E-state index is 15.6. The Kier molecular flexibility index (Phi) is 5.96. The second-order valence-electron chi connectivity index (χ2n) is 10.3. The van der Waals surface area contributed by atoms with E-state index in [0.717, 1.165) is 5.56 Å². The molecular weight excluding hydrogens is 501 g/mol. The molecule has 0 saturated carbocycles. The molecule has 6 heterocycles. The van der Waals surface area contributed by atoms with Gasteiger partial charge in [-0.1, -0.05) is 25.6 Å². The van der Waals surface area contributed by atoms with Crippen LogP contribution in [0.5, 0.6) is 0 Å². The van der Waals surface area contributed by atoms with E-state index < -0.39 is 11.5 Å². The van der Waals surface area contributed by atoms with Crippen LogP contribution in [0.2, 0.25) is 0 Å². The minimum atomic E-state index is -0.534. The molecule has 1 fully saturated rings. The predicted octanol–water partition coefficient (Wildman–Crippen LogP) is 2.21. The molecule has 0 aromatic carbocycles. The number of anilines is 1. The quantitative estimate of drug-likeness (QED) is 0.327. The SMILES string of the molecule is C=CC(=O)N1CCN(c2nc(=O)n3c4nc(c(F)cc24)Cc2cn(nn2)Cc2ccnc(C(C)C)c2-3)[C@@H](C)C1. The monoisotopic (exact) mass is 529 g/mol. The molecule has 200 valence electrons. The van der Waals surface area contributed by atoms with E-state index in [9.17, 15) is 9.59 Å². The Balaban J connectivity index is 1.63. The fourth-order valence-electron chi connectivity index (χ4n) is 5.45. The first kappa shape index (κ1) is 24.8. The number of hydrogen-bond donors (Lipinski definition) is 0. The number of carbonyl (C=O) groups excluding carboxylic acids is 1. The molecule has 39 heavy (non-hydrogen) atoms. The first-order valence-electron chi connectivity index (χ1n) is 12.9. The molecule has 0 spiro atoms. The van der Waals surface area contributed by atoms with Gasteiger partial charge >= 0.3 is 5.69 Å². The third-order valence-corrected chi connectivity index (χ3v) is 7.33. The van der Waals surface area contributed by atoms with E-state index in [4.69, 9.17) is 4.98 Å². The molecule has 0 aliphatic carbocycles. The van der Waals surface area contributed by atoms with E-state index >= 15 is 4.39 Å². The normalized spacial score (nSPS) is 16.9. The lowest BCUT2D eigenvalue weighted by Gasteiger charge is -2.40. The van der Waals surface area contributed by atoms with Crippen LogP contribution in [0.4, 0.5) is 10.2 Å². The van der Waals surface area contributed by atoms with Crippen LogP contribution < -0.4 is 10.6 Å². The van der Waals surface area contributed by atoms with Crippen molar-refractivity contribution in [2.75, 3.05) is 24.5 Å². The molecule has 0 unspecified atom stereocenters. The molecule has 11 nitrogen and oxygen atoms in total. The molecule has 12 heteroatoms. The van der Waals surface area contributed by atoms with Gasteiger partial charge in [0.2, 0.25) is 5.91 Å². The molecule has 6 rings (SSSR count). The first-order chi connectivity index (χ1) is 18.7. The molecule has 4 aromatic heterocycles. The van der Waals surface area contributed by atoms with Crippen LogP contribution in [-0.2, 0) is 17.8 Å². The Morgan fingerprint density at radius 3 is 2.82 bits per heavy atom. The topological polar surface area (TPSA) is 115 Å². The van der Waals surface area contributed by atoms with Gasteiger partial charge in [-0.2, -0.15) is 4.98 Å². The van der Waals surface area contributed by atoms with Crippen LogP contribution in [-0.4, -0.2) is 71.0 Å². The average molecular weight is 530 g/mol. The highest BCUT2D eigenvalue weighted by Crippen LogP contribution is 2.32. The number of fused-ring (bicyclic) bond motifs is 5. The number of nitrogens with zero attached hydrogens (tertiary/aromatic N) is 9. The average Bonchev–Trinajstić information content (AvgIpc) is 3.34. The highest BCUT2D eigenvalue weighted by molar-refractivity contribution is 5.90. The number of rotatable bonds is 3. The molecule has 1 saturated heterocycles. The van der Waals surface area contributed by atoms with Crippen LogP contribution in [0.25, 0.3) is 16.7 Å². The minimum absolute atomic E-state index is 0.0200. The van der Waals surface area contributed by atoms with Gasteiger partial charge in [0, 0.05) is 50.1 Å². The third kappa shape index (κ3) is 4.16. The van der Waals surface area contributed by atoms with Crippen LogP contribution >= 0.6 is 0 Å². The first-order valence-corrected chi connectivity index (χ1v) is 12.9. The molecule has 4 bridgehead atoms. The van der Waals surface area contributed by atoms with Crippen molar-refractivity contribution in [3.63, 3.8) is 0 Å². The molecule has 0 N–H and O–H groups in total. The highest BCUT2D eigenvalue weighted by atomic mass is 19.1. The summed E-state index contributed by atoms with van der Waals surface area (Å²) < 4.78 is 18.7. The van der Waals surface area contributed by atoms with Gasteiger partial charge in [0.05, 0.1) is 34.7 Å². The smallest absolute Gasteiger partial charge is 0.350 e. The van der Waals surface area contributed by atoms with Crippen LogP contribution in [0.3, 0.4) is 0 Å². The molecule has 1 atom stereocenters. The second-order valence-corrected chi connectivity index (χ2v) is 10.3. The summed E-state index contributed by atoms with van der Waals surface area (Å²) in [6.07, 6.45) is 4.89. The van der Waals surface area contributed by atoms with E-state index in [1.807, 2.05) is 31.7 Å². The Morgan fingerprint density at radius 2 is 2.08 bits per heavy atom. The summed E-state index contributed by atoms with van der Waals surface area (Å²) in [4.78, 5) is 43.6. The number of hydrogen-bond acceptors (Lipinski definition) is 8. The summed E-state index contributed by atoms with van der Waals surface area (Å²) in [6.45, 7) is 11.1. The fourth-order valence-corrected chi connectivity index (χ4v) is 5.45. The van der Waals surface area contributed by atoms with Gasteiger partial charge < -0.3 is 9.80 Å². The number of aromatic nitrogens is 7. The van der Waals surface area contributed by atoms with Crippen LogP contribution in [0.1, 0.15) is 49.3 Å². The third-order valence-electron chi connectivity index (χ3n) is 7.33. The van der Waals surface area contributed by atoms with Crippen molar-refractivity contribution in [2.24, 2.45) is 0 Å². The van der Waals surface area contributed by atoms with Crippen molar-refractivity contribution in [2.45, 2.75) is 45.7 Å². The van der Waals surface area contributed by atoms with Crippen molar-refractivity contribution in [3.05, 3.63) is 76.1 Å². The lowest BCUT2D eigenvalue weighted by molar-refractivity contribution is -0.126. The zero-order chi connectivity index (χ0) is 27.4. The lowest BCUT2D eigenvalue weighted by Crippen LogP contribution is -2.54. The summed E-state index contributed by atoms with van der Waals surface area (Å²) in [7, 11) is 0. The standard InChI is InChI=1S/C27H28FN9O2/c1-5-22(38)34-8-9-36(16(4)12-34)25-19-11-20(28)21-10-18-14-35(33-32-18)13-17-6-7-29-23(15(2)3)24(17)37(26(19)30-21)27(39)31-25/h5-7,11,14-16H,1,8-10,12-13H2,2-4H3/t16-/m0/s1. The molecule has 2 aliphatic heterocycles. The van der Waals surface area contributed by atoms with E-state index in [2.05, 4.69) is 26.9 Å². The van der Waals surface area contributed by atoms with Crippen molar-refractivity contribution in [1.29, 1.82) is 0 Å². The van der Waals surface area contributed by atoms with Crippen molar-refractivity contribution in [3.8, 4) is 5.69 Å². The Hall–Kier alpha value is -4.48. The van der Waals surface area contributed by atoms with E-state index in [1.165, 1.54) is 16.7 Å². The number of halogens is 1.